The van der Waals surface area contributed by atoms with Crippen molar-refractivity contribution in [2.45, 2.75) is 0 Å². The summed E-state index contributed by atoms with van der Waals surface area (Å²) in [5.41, 5.74) is 11.3. The van der Waals surface area contributed by atoms with E-state index in [1.165, 1.54) is 0 Å². The summed E-state index contributed by atoms with van der Waals surface area (Å²) in [5, 5.41) is 24.5. The van der Waals surface area contributed by atoms with E-state index in [9.17, 15) is 10.5 Å². The fraction of sp³-hybridized carbons (Fsp3) is 0. The SMILES string of the molecule is [C-]#[N+]c1ccc(-c2ccc(-c3cccc(-n4c5ccccc5c5cc(C#N)ccc54)c3)cc2C#N)c(-n2c3ccccc3c3ccccc32)c1. The van der Waals surface area contributed by atoms with E-state index in [1.807, 2.05) is 91.0 Å². The molecule has 7 aromatic carbocycles. The lowest BCUT2D eigenvalue weighted by Gasteiger charge is -2.16. The van der Waals surface area contributed by atoms with E-state index in [-0.39, 0.29) is 0 Å². The Labute approximate surface area is 288 Å². The Balaban J connectivity index is 1.20. The Morgan fingerprint density at radius 2 is 1.10 bits per heavy atom. The second kappa shape index (κ2) is 11.4. The number of hydrogen-bond donors (Lipinski definition) is 0. The van der Waals surface area contributed by atoms with Crippen molar-refractivity contribution in [3.8, 4) is 45.8 Å². The number of fused-ring (bicyclic) bond motifs is 6. The average Bonchev–Trinajstić information content (AvgIpc) is 3.70. The van der Waals surface area contributed by atoms with Gasteiger partial charge in [0.05, 0.1) is 51.9 Å². The molecule has 9 aromatic rings. The Bertz CT molecular complexity index is 2920. The largest absolute Gasteiger partial charge is 0.310 e. The van der Waals surface area contributed by atoms with E-state index < -0.39 is 0 Å². The van der Waals surface area contributed by atoms with Crippen LogP contribution in [0.25, 0.3) is 82.1 Å². The van der Waals surface area contributed by atoms with Crippen molar-refractivity contribution in [2.24, 2.45) is 0 Å². The first kappa shape index (κ1) is 28.8. The second-order valence-electron chi connectivity index (χ2n) is 12.3. The summed E-state index contributed by atoms with van der Waals surface area (Å²) in [4.78, 5) is 3.76. The second-order valence-corrected chi connectivity index (χ2v) is 12.3. The lowest BCUT2D eigenvalue weighted by atomic mass is 9.94. The molecular weight excluding hydrogens is 611 g/mol. The van der Waals surface area contributed by atoms with Crippen LogP contribution in [0.2, 0.25) is 0 Å². The normalized spacial score (nSPS) is 11.1. The van der Waals surface area contributed by atoms with E-state index in [1.54, 1.807) is 0 Å². The first-order valence-electron chi connectivity index (χ1n) is 16.3. The van der Waals surface area contributed by atoms with Gasteiger partial charge in [-0.05, 0) is 71.8 Å². The number of rotatable bonds is 4. The first-order valence-corrected chi connectivity index (χ1v) is 16.3. The van der Waals surface area contributed by atoms with Gasteiger partial charge in [-0.1, -0.05) is 91.0 Å². The van der Waals surface area contributed by atoms with Crippen molar-refractivity contribution < 1.29 is 0 Å². The van der Waals surface area contributed by atoms with E-state index in [0.29, 0.717) is 16.8 Å². The van der Waals surface area contributed by atoms with Gasteiger partial charge in [-0.25, -0.2) is 4.85 Å². The van der Waals surface area contributed by atoms with Gasteiger partial charge in [-0.3, -0.25) is 0 Å². The zero-order valence-electron chi connectivity index (χ0n) is 26.7. The van der Waals surface area contributed by atoms with Crippen molar-refractivity contribution in [1.29, 1.82) is 10.5 Å². The lowest BCUT2D eigenvalue weighted by Crippen LogP contribution is -1.98. The minimum atomic E-state index is 0.534. The average molecular weight is 636 g/mol. The van der Waals surface area contributed by atoms with Crippen LogP contribution in [0.4, 0.5) is 5.69 Å². The smallest absolute Gasteiger partial charge is 0.189 e. The molecule has 0 fully saturated rings. The molecule has 0 amide bonds. The summed E-state index contributed by atoms with van der Waals surface area (Å²) in [5.74, 6) is 0. The summed E-state index contributed by atoms with van der Waals surface area (Å²) < 4.78 is 4.43. The topological polar surface area (TPSA) is 61.8 Å². The van der Waals surface area contributed by atoms with Crippen LogP contribution in [0.5, 0.6) is 0 Å². The fourth-order valence-corrected chi connectivity index (χ4v) is 7.38. The highest BCUT2D eigenvalue weighted by Gasteiger charge is 2.19. The molecule has 0 spiro atoms. The van der Waals surface area contributed by atoms with Crippen LogP contribution in [0, 0.1) is 29.2 Å². The molecule has 9 rings (SSSR count). The van der Waals surface area contributed by atoms with E-state index in [0.717, 1.165) is 77.2 Å². The minimum Gasteiger partial charge on any atom is -0.310 e. The molecule has 2 heterocycles. The molecule has 0 N–H and O–H groups in total. The van der Waals surface area contributed by atoms with E-state index >= 15 is 0 Å². The third kappa shape index (κ3) is 4.38. The maximum absolute atomic E-state index is 10.6. The van der Waals surface area contributed by atoms with Crippen molar-refractivity contribution in [2.75, 3.05) is 0 Å². The van der Waals surface area contributed by atoms with Crippen LogP contribution < -0.4 is 0 Å². The summed E-state index contributed by atoms with van der Waals surface area (Å²) in [6.07, 6.45) is 0. The van der Waals surface area contributed by atoms with Crippen molar-refractivity contribution in [3.63, 3.8) is 0 Å². The molecule has 0 saturated carbocycles. The van der Waals surface area contributed by atoms with Gasteiger partial charge in [0.2, 0.25) is 0 Å². The third-order valence-electron chi connectivity index (χ3n) is 9.60. The summed E-state index contributed by atoms with van der Waals surface area (Å²) in [7, 11) is 0. The van der Waals surface area contributed by atoms with Crippen LogP contribution in [0.1, 0.15) is 11.1 Å². The highest BCUT2D eigenvalue weighted by molar-refractivity contribution is 6.11. The van der Waals surface area contributed by atoms with Crippen LogP contribution in [0.3, 0.4) is 0 Å². The third-order valence-corrected chi connectivity index (χ3v) is 9.60. The van der Waals surface area contributed by atoms with Gasteiger partial charge in [-0.2, -0.15) is 10.5 Å². The monoisotopic (exact) mass is 635 g/mol. The number of hydrogen-bond acceptors (Lipinski definition) is 2. The quantitative estimate of drug-likeness (QED) is 0.181. The highest BCUT2D eigenvalue weighted by atomic mass is 15.0. The number of para-hydroxylation sites is 3. The number of nitriles is 2. The Morgan fingerprint density at radius 1 is 0.480 bits per heavy atom. The van der Waals surface area contributed by atoms with Crippen LogP contribution >= 0.6 is 0 Å². The molecule has 0 unspecified atom stereocenters. The molecular formula is C45H25N5. The molecule has 0 aliphatic rings. The van der Waals surface area contributed by atoms with Crippen molar-refractivity contribution in [3.05, 3.63) is 174 Å². The molecule has 5 heteroatoms. The van der Waals surface area contributed by atoms with Gasteiger partial charge < -0.3 is 9.13 Å². The molecule has 50 heavy (non-hydrogen) atoms. The number of benzene rings is 7. The first-order chi connectivity index (χ1) is 24.7. The van der Waals surface area contributed by atoms with Gasteiger partial charge in [-0.15, -0.1) is 0 Å². The van der Waals surface area contributed by atoms with Gasteiger partial charge in [0.1, 0.15) is 0 Å². The number of nitrogens with zero attached hydrogens (tertiary/aromatic N) is 5. The Hall–Kier alpha value is -7.39. The molecule has 2 aromatic heterocycles. The van der Waals surface area contributed by atoms with Gasteiger partial charge in [0.25, 0.3) is 0 Å². The molecule has 0 atom stereocenters. The predicted octanol–water partition coefficient (Wildman–Crippen LogP) is 11.5. The zero-order valence-corrected chi connectivity index (χ0v) is 26.7. The van der Waals surface area contributed by atoms with Crippen LogP contribution in [0.15, 0.2) is 152 Å². The van der Waals surface area contributed by atoms with Crippen LogP contribution in [-0.2, 0) is 0 Å². The molecule has 0 radical (unpaired) electrons. The van der Waals surface area contributed by atoms with Crippen LogP contribution in [-0.4, -0.2) is 9.13 Å². The maximum Gasteiger partial charge on any atom is 0.189 e. The minimum absolute atomic E-state index is 0.534. The molecule has 5 nitrogen and oxygen atoms in total. The lowest BCUT2D eigenvalue weighted by molar-refractivity contribution is 1.18. The fourth-order valence-electron chi connectivity index (χ4n) is 7.38. The molecule has 0 aliphatic heterocycles. The predicted molar refractivity (Wildman–Crippen MR) is 202 cm³/mol. The molecule has 230 valence electrons. The summed E-state index contributed by atoms with van der Waals surface area (Å²) in [6, 6.07) is 55.5. The Morgan fingerprint density at radius 3 is 1.78 bits per heavy atom. The van der Waals surface area contributed by atoms with Crippen molar-refractivity contribution >= 4 is 49.3 Å². The molecule has 0 aliphatic carbocycles. The van der Waals surface area contributed by atoms with Gasteiger partial charge in [0.15, 0.2) is 5.69 Å². The van der Waals surface area contributed by atoms with Gasteiger partial charge in [0, 0.05) is 44.0 Å². The molecule has 0 bridgehead atoms. The van der Waals surface area contributed by atoms with E-state index in [4.69, 9.17) is 6.57 Å². The molecule has 0 saturated heterocycles. The van der Waals surface area contributed by atoms with Gasteiger partial charge >= 0.3 is 0 Å². The summed E-state index contributed by atoms with van der Waals surface area (Å²) in [6.45, 7) is 7.79. The van der Waals surface area contributed by atoms with Crippen molar-refractivity contribution in [1.82, 2.24) is 9.13 Å². The van der Waals surface area contributed by atoms with E-state index in [2.05, 4.69) is 86.8 Å². The maximum atomic E-state index is 10.6. The zero-order chi connectivity index (χ0) is 33.8. The number of aromatic nitrogens is 2. The Kier molecular flexibility index (Phi) is 6.56. The standard InChI is InChI=1S/C45H25N5/c1-48-33-19-21-39(45(26-33)50-42-15-6-2-11-36(42)37-12-3-7-16-43(37)50)35-20-18-31(24-32(35)28-47)30-9-8-10-34(25-30)49-41-14-5-4-13-38(41)40-23-29(27-46)17-22-44(40)49/h2-26H. The highest BCUT2D eigenvalue weighted by Crippen LogP contribution is 2.40. The summed E-state index contributed by atoms with van der Waals surface area (Å²) >= 11 is 0.